The first-order valence-corrected chi connectivity index (χ1v) is 7.95. The van der Waals surface area contributed by atoms with E-state index < -0.39 is 0 Å². The summed E-state index contributed by atoms with van der Waals surface area (Å²) in [4.78, 5) is 15.4. The van der Waals surface area contributed by atoms with Crippen LogP contribution in [0.3, 0.4) is 0 Å². The minimum Gasteiger partial charge on any atom is -0.345 e. The first kappa shape index (κ1) is 14.5. The lowest BCUT2D eigenvalue weighted by molar-refractivity contribution is 1.28. The van der Waals surface area contributed by atoms with Gasteiger partial charge in [-0.3, -0.25) is 0 Å². The molecule has 2 N–H and O–H groups in total. The SMILES string of the molecule is Cc1cccc(-c2ncc[nH]2)c1-c1c(C)cccc1-c1ncc[nH]1. The zero-order chi connectivity index (χ0) is 16.5. The summed E-state index contributed by atoms with van der Waals surface area (Å²) >= 11 is 0. The molecule has 0 spiro atoms. The van der Waals surface area contributed by atoms with Gasteiger partial charge < -0.3 is 9.97 Å². The van der Waals surface area contributed by atoms with Gasteiger partial charge in [-0.15, -0.1) is 0 Å². The van der Waals surface area contributed by atoms with E-state index in [1.807, 2.05) is 12.4 Å². The van der Waals surface area contributed by atoms with Crippen LogP contribution in [0.1, 0.15) is 11.1 Å². The van der Waals surface area contributed by atoms with Crippen LogP contribution in [-0.4, -0.2) is 19.9 Å². The normalized spacial score (nSPS) is 10.9. The van der Waals surface area contributed by atoms with Crippen LogP contribution in [0.2, 0.25) is 0 Å². The highest BCUT2D eigenvalue weighted by molar-refractivity contribution is 5.92. The van der Waals surface area contributed by atoms with Crippen molar-refractivity contribution in [3.8, 4) is 33.9 Å². The highest BCUT2D eigenvalue weighted by atomic mass is 14.9. The van der Waals surface area contributed by atoms with E-state index in [1.54, 1.807) is 12.4 Å². The Bertz CT molecular complexity index is 885. The number of hydrogen-bond acceptors (Lipinski definition) is 2. The summed E-state index contributed by atoms with van der Waals surface area (Å²) in [7, 11) is 0. The summed E-state index contributed by atoms with van der Waals surface area (Å²) < 4.78 is 0. The molecule has 24 heavy (non-hydrogen) atoms. The van der Waals surface area contributed by atoms with Crippen LogP contribution in [0, 0.1) is 13.8 Å². The standard InChI is InChI=1S/C20H18N4/c1-13-5-3-7-15(19-21-9-10-22-19)17(13)18-14(2)6-4-8-16(18)20-23-11-12-24-20/h3-12H,1-2H3,(H,21,22)(H,23,24). The predicted octanol–water partition coefficient (Wildman–Crippen LogP) is 4.75. The summed E-state index contributed by atoms with van der Waals surface area (Å²) in [5.41, 5.74) is 7.01. The van der Waals surface area contributed by atoms with E-state index in [0.29, 0.717) is 0 Å². The van der Waals surface area contributed by atoms with Gasteiger partial charge >= 0.3 is 0 Å². The largest absolute Gasteiger partial charge is 0.345 e. The summed E-state index contributed by atoms with van der Waals surface area (Å²) in [5.74, 6) is 1.75. The maximum Gasteiger partial charge on any atom is 0.137 e. The topological polar surface area (TPSA) is 57.4 Å². The summed E-state index contributed by atoms with van der Waals surface area (Å²) in [6.07, 6.45) is 7.28. The lowest BCUT2D eigenvalue weighted by Crippen LogP contribution is -1.96. The third-order valence-corrected chi connectivity index (χ3v) is 4.30. The van der Waals surface area contributed by atoms with E-state index in [1.165, 1.54) is 22.3 Å². The third-order valence-electron chi connectivity index (χ3n) is 4.30. The Hall–Kier alpha value is -3.14. The van der Waals surface area contributed by atoms with Gasteiger partial charge in [0.05, 0.1) is 0 Å². The van der Waals surface area contributed by atoms with Crippen molar-refractivity contribution in [3.05, 3.63) is 72.3 Å². The number of benzene rings is 2. The molecule has 4 rings (SSSR count). The molecule has 2 aromatic carbocycles. The van der Waals surface area contributed by atoms with E-state index in [9.17, 15) is 0 Å². The lowest BCUT2D eigenvalue weighted by Gasteiger charge is -2.17. The molecule has 2 heterocycles. The van der Waals surface area contributed by atoms with E-state index in [-0.39, 0.29) is 0 Å². The molecule has 0 saturated heterocycles. The molecule has 0 amide bonds. The number of aromatic nitrogens is 4. The molecule has 2 aromatic heterocycles. The maximum absolute atomic E-state index is 4.46. The number of aryl methyl sites for hydroxylation is 2. The van der Waals surface area contributed by atoms with Crippen molar-refractivity contribution in [1.82, 2.24) is 19.9 Å². The maximum atomic E-state index is 4.46. The van der Waals surface area contributed by atoms with Crippen LogP contribution >= 0.6 is 0 Å². The fraction of sp³-hybridized carbons (Fsp3) is 0.100. The minimum absolute atomic E-state index is 0.877. The number of H-pyrrole nitrogens is 2. The van der Waals surface area contributed by atoms with Crippen molar-refractivity contribution in [1.29, 1.82) is 0 Å². The molecule has 4 nitrogen and oxygen atoms in total. The molecule has 0 unspecified atom stereocenters. The Balaban J connectivity index is 2.05. The molecule has 0 bridgehead atoms. The van der Waals surface area contributed by atoms with Crippen LogP contribution in [0.4, 0.5) is 0 Å². The van der Waals surface area contributed by atoms with Crippen LogP contribution in [0.15, 0.2) is 61.2 Å². The minimum atomic E-state index is 0.877. The van der Waals surface area contributed by atoms with E-state index >= 15 is 0 Å². The zero-order valence-electron chi connectivity index (χ0n) is 13.7. The number of imidazole rings is 2. The summed E-state index contributed by atoms with van der Waals surface area (Å²) in [6, 6.07) is 12.6. The van der Waals surface area contributed by atoms with E-state index in [4.69, 9.17) is 0 Å². The molecular formula is C20H18N4. The van der Waals surface area contributed by atoms with Crippen LogP contribution < -0.4 is 0 Å². The van der Waals surface area contributed by atoms with Gasteiger partial charge in [-0.1, -0.05) is 36.4 Å². The first-order chi connectivity index (χ1) is 11.8. The highest BCUT2D eigenvalue weighted by Crippen LogP contribution is 2.40. The molecule has 0 aliphatic carbocycles. The summed E-state index contributed by atoms with van der Waals surface area (Å²) in [5, 5.41) is 0. The lowest BCUT2D eigenvalue weighted by atomic mass is 9.88. The predicted molar refractivity (Wildman–Crippen MR) is 96.5 cm³/mol. The number of nitrogens with one attached hydrogen (secondary N) is 2. The average molecular weight is 314 g/mol. The van der Waals surface area contributed by atoms with Crippen molar-refractivity contribution in [2.24, 2.45) is 0 Å². The smallest absolute Gasteiger partial charge is 0.137 e. The first-order valence-electron chi connectivity index (χ1n) is 7.95. The third kappa shape index (κ3) is 2.33. The molecule has 4 heteroatoms. The Labute approximate surface area is 140 Å². The Morgan fingerprint density at radius 1 is 0.667 bits per heavy atom. The fourth-order valence-corrected chi connectivity index (χ4v) is 3.22. The van der Waals surface area contributed by atoms with Gasteiger partial charge in [0.15, 0.2) is 0 Å². The second-order valence-electron chi connectivity index (χ2n) is 5.87. The van der Waals surface area contributed by atoms with Gasteiger partial charge in [-0.2, -0.15) is 0 Å². The number of nitrogens with zero attached hydrogens (tertiary/aromatic N) is 2. The van der Waals surface area contributed by atoms with Gasteiger partial charge in [0.2, 0.25) is 0 Å². The van der Waals surface area contributed by atoms with Gasteiger partial charge in [0, 0.05) is 35.9 Å². The van der Waals surface area contributed by atoms with Gasteiger partial charge in [-0.05, 0) is 36.1 Å². The second-order valence-corrected chi connectivity index (χ2v) is 5.87. The molecule has 4 aromatic rings. The highest BCUT2D eigenvalue weighted by Gasteiger charge is 2.18. The molecule has 0 fully saturated rings. The molecule has 118 valence electrons. The van der Waals surface area contributed by atoms with Crippen molar-refractivity contribution in [3.63, 3.8) is 0 Å². The van der Waals surface area contributed by atoms with Crippen molar-refractivity contribution < 1.29 is 0 Å². The molecular weight excluding hydrogens is 296 g/mol. The Morgan fingerprint density at radius 3 is 1.50 bits per heavy atom. The molecule has 0 atom stereocenters. The quantitative estimate of drug-likeness (QED) is 0.573. The monoisotopic (exact) mass is 314 g/mol. The summed E-state index contributed by atoms with van der Waals surface area (Å²) in [6.45, 7) is 4.28. The van der Waals surface area contributed by atoms with Crippen molar-refractivity contribution in [2.75, 3.05) is 0 Å². The number of aromatic amines is 2. The second kappa shape index (κ2) is 5.81. The van der Waals surface area contributed by atoms with Crippen molar-refractivity contribution in [2.45, 2.75) is 13.8 Å². The number of hydrogen-bond donors (Lipinski definition) is 2. The molecule has 0 aliphatic rings. The van der Waals surface area contributed by atoms with E-state index in [2.05, 4.69) is 70.2 Å². The van der Waals surface area contributed by atoms with Gasteiger partial charge in [0.1, 0.15) is 11.6 Å². The zero-order valence-corrected chi connectivity index (χ0v) is 13.7. The van der Waals surface area contributed by atoms with Crippen molar-refractivity contribution >= 4 is 0 Å². The molecule has 0 saturated carbocycles. The van der Waals surface area contributed by atoms with Gasteiger partial charge in [0.25, 0.3) is 0 Å². The number of rotatable bonds is 3. The van der Waals surface area contributed by atoms with Crippen LogP contribution in [-0.2, 0) is 0 Å². The van der Waals surface area contributed by atoms with Crippen LogP contribution in [0.25, 0.3) is 33.9 Å². The van der Waals surface area contributed by atoms with Gasteiger partial charge in [-0.25, -0.2) is 9.97 Å². The molecule has 0 aliphatic heterocycles. The van der Waals surface area contributed by atoms with Crippen LogP contribution in [0.5, 0.6) is 0 Å². The van der Waals surface area contributed by atoms with E-state index in [0.717, 1.165) is 22.8 Å². The Kier molecular flexibility index (Phi) is 3.50. The average Bonchev–Trinajstić information content (AvgIpc) is 3.29. The Morgan fingerprint density at radius 2 is 1.12 bits per heavy atom. The fourth-order valence-electron chi connectivity index (χ4n) is 3.22. The molecule has 0 radical (unpaired) electrons.